The van der Waals surface area contributed by atoms with Gasteiger partial charge >= 0.3 is 0 Å². The van der Waals surface area contributed by atoms with Crippen molar-refractivity contribution in [2.45, 2.75) is 13.5 Å². The summed E-state index contributed by atoms with van der Waals surface area (Å²) >= 11 is 5.79. The van der Waals surface area contributed by atoms with Gasteiger partial charge in [0, 0.05) is 11.1 Å². The Labute approximate surface area is 127 Å². The predicted octanol–water partition coefficient (Wildman–Crippen LogP) is 4.19. The summed E-state index contributed by atoms with van der Waals surface area (Å²) in [6, 6.07) is 13.6. The molecule has 0 amide bonds. The first-order valence-corrected chi connectivity index (χ1v) is 6.60. The van der Waals surface area contributed by atoms with Gasteiger partial charge in [0.2, 0.25) is 0 Å². The van der Waals surface area contributed by atoms with E-state index in [9.17, 15) is 10.1 Å². The number of rotatable bonds is 5. The van der Waals surface area contributed by atoms with E-state index in [1.54, 1.807) is 37.3 Å². The number of para-hydroxylation sites is 1. The van der Waals surface area contributed by atoms with Crippen molar-refractivity contribution in [2.75, 3.05) is 0 Å². The molecule has 0 atom stereocenters. The summed E-state index contributed by atoms with van der Waals surface area (Å²) in [5, 5.41) is 15.5. The Kier molecular flexibility index (Phi) is 4.90. The summed E-state index contributed by atoms with van der Waals surface area (Å²) in [5.41, 5.74) is 1.82. The van der Waals surface area contributed by atoms with Crippen molar-refractivity contribution in [3.8, 4) is 0 Å². The minimum atomic E-state index is -0.437. The number of nitro benzene ring substituents is 1. The molecule has 2 aromatic carbocycles. The van der Waals surface area contributed by atoms with Gasteiger partial charge < -0.3 is 4.84 Å². The second-order valence-corrected chi connectivity index (χ2v) is 4.79. The average molecular weight is 305 g/mol. The van der Waals surface area contributed by atoms with Crippen LogP contribution in [0.4, 0.5) is 5.69 Å². The highest BCUT2D eigenvalue weighted by molar-refractivity contribution is 6.30. The summed E-state index contributed by atoms with van der Waals surface area (Å²) in [5.74, 6) is 0. The van der Waals surface area contributed by atoms with E-state index in [-0.39, 0.29) is 12.3 Å². The van der Waals surface area contributed by atoms with Crippen molar-refractivity contribution < 1.29 is 9.76 Å². The molecule has 0 aromatic heterocycles. The fourth-order valence-electron chi connectivity index (χ4n) is 1.77. The number of hydrogen-bond donors (Lipinski definition) is 0. The molecule has 0 N–H and O–H groups in total. The molecule has 0 radical (unpaired) electrons. The zero-order valence-corrected chi connectivity index (χ0v) is 12.1. The monoisotopic (exact) mass is 304 g/mol. The maximum atomic E-state index is 11.0. The van der Waals surface area contributed by atoms with Crippen molar-refractivity contribution in [1.82, 2.24) is 0 Å². The molecule has 6 heteroatoms. The molecule has 0 aliphatic heterocycles. The minimum Gasteiger partial charge on any atom is -0.391 e. The lowest BCUT2D eigenvalue weighted by Gasteiger charge is -2.04. The fourth-order valence-corrected chi connectivity index (χ4v) is 1.90. The lowest BCUT2D eigenvalue weighted by molar-refractivity contribution is -0.385. The minimum absolute atomic E-state index is 0.00819. The Morgan fingerprint density at radius 1 is 1.24 bits per heavy atom. The molecule has 0 aliphatic rings. The largest absolute Gasteiger partial charge is 0.391 e. The molecular weight excluding hydrogens is 292 g/mol. The topological polar surface area (TPSA) is 64.7 Å². The van der Waals surface area contributed by atoms with E-state index in [0.717, 1.165) is 5.56 Å². The van der Waals surface area contributed by atoms with Gasteiger partial charge in [-0.3, -0.25) is 10.1 Å². The molecule has 0 saturated heterocycles. The second kappa shape index (κ2) is 6.85. The summed E-state index contributed by atoms with van der Waals surface area (Å²) in [6.07, 6.45) is 0. The van der Waals surface area contributed by atoms with E-state index in [4.69, 9.17) is 16.4 Å². The molecule has 0 bridgehead atoms. The van der Waals surface area contributed by atoms with Gasteiger partial charge in [0.25, 0.3) is 5.69 Å². The lowest BCUT2D eigenvalue weighted by Crippen LogP contribution is -2.02. The van der Waals surface area contributed by atoms with Crippen LogP contribution in [0.5, 0.6) is 0 Å². The predicted molar refractivity (Wildman–Crippen MR) is 81.5 cm³/mol. The van der Waals surface area contributed by atoms with Crippen LogP contribution in [-0.4, -0.2) is 10.6 Å². The number of hydrogen-bond acceptors (Lipinski definition) is 4. The summed E-state index contributed by atoms with van der Waals surface area (Å²) < 4.78 is 0. The maximum absolute atomic E-state index is 11.0. The highest BCUT2D eigenvalue weighted by Gasteiger charge is 2.14. The summed E-state index contributed by atoms with van der Waals surface area (Å²) in [6.45, 7) is 1.94. The van der Waals surface area contributed by atoms with Crippen molar-refractivity contribution in [1.29, 1.82) is 0 Å². The van der Waals surface area contributed by atoms with Gasteiger partial charge in [0.05, 0.1) is 16.2 Å². The van der Waals surface area contributed by atoms with E-state index in [1.165, 1.54) is 6.07 Å². The van der Waals surface area contributed by atoms with Crippen LogP contribution in [0.3, 0.4) is 0 Å². The zero-order chi connectivity index (χ0) is 15.2. The van der Waals surface area contributed by atoms with Crippen LogP contribution in [0.1, 0.15) is 18.1 Å². The first-order valence-electron chi connectivity index (χ1n) is 6.22. The van der Waals surface area contributed by atoms with Gasteiger partial charge in [-0.1, -0.05) is 41.0 Å². The van der Waals surface area contributed by atoms with Crippen molar-refractivity contribution in [3.05, 3.63) is 74.8 Å². The van der Waals surface area contributed by atoms with Crippen LogP contribution in [-0.2, 0) is 11.4 Å². The van der Waals surface area contributed by atoms with Gasteiger partial charge in [0.15, 0.2) is 0 Å². The fraction of sp³-hybridized carbons (Fsp3) is 0.133. The molecule has 0 fully saturated rings. The molecule has 5 nitrogen and oxygen atoms in total. The molecule has 21 heavy (non-hydrogen) atoms. The normalized spacial score (nSPS) is 11.2. The molecule has 0 spiro atoms. The molecule has 2 aromatic rings. The van der Waals surface area contributed by atoms with Crippen LogP contribution in [0.25, 0.3) is 0 Å². The van der Waals surface area contributed by atoms with Crippen molar-refractivity contribution >= 4 is 23.0 Å². The third-order valence-corrected chi connectivity index (χ3v) is 3.09. The first-order chi connectivity index (χ1) is 10.1. The Balaban J connectivity index is 2.08. The van der Waals surface area contributed by atoms with Gasteiger partial charge in [0.1, 0.15) is 6.61 Å². The Morgan fingerprint density at radius 3 is 2.57 bits per heavy atom. The second-order valence-electron chi connectivity index (χ2n) is 4.35. The molecular formula is C15H13ClN2O3. The van der Waals surface area contributed by atoms with Crippen LogP contribution in [0.2, 0.25) is 5.02 Å². The van der Waals surface area contributed by atoms with Crippen LogP contribution >= 0.6 is 11.6 Å². The van der Waals surface area contributed by atoms with Crippen LogP contribution in [0, 0.1) is 10.1 Å². The van der Waals surface area contributed by atoms with Crippen LogP contribution < -0.4 is 0 Å². The number of halogens is 1. The molecule has 0 aliphatic carbocycles. The van der Waals surface area contributed by atoms with E-state index >= 15 is 0 Å². The number of benzene rings is 2. The van der Waals surface area contributed by atoms with Gasteiger partial charge in [-0.2, -0.15) is 0 Å². The van der Waals surface area contributed by atoms with Gasteiger partial charge in [-0.25, -0.2) is 0 Å². The molecule has 2 rings (SSSR count). The van der Waals surface area contributed by atoms with Gasteiger partial charge in [-0.15, -0.1) is 0 Å². The third-order valence-electron chi connectivity index (χ3n) is 2.84. The van der Waals surface area contributed by atoms with Gasteiger partial charge in [-0.05, 0) is 30.7 Å². The van der Waals surface area contributed by atoms with Crippen molar-refractivity contribution in [2.24, 2.45) is 5.16 Å². The quantitative estimate of drug-likeness (QED) is 0.472. The molecule has 0 heterocycles. The standard InChI is InChI=1S/C15H13ClN2O3/c1-11(14-4-2-3-5-15(14)18(19)20)17-21-10-12-6-8-13(16)9-7-12/h2-9H,10H2,1H3/b17-11+. The maximum Gasteiger partial charge on any atom is 0.278 e. The van der Waals surface area contributed by atoms with Crippen LogP contribution in [0.15, 0.2) is 53.7 Å². The molecule has 0 unspecified atom stereocenters. The third kappa shape index (κ3) is 4.03. The van der Waals surface area contributed by atoms with E-state index in [1.807, 2.05) is 12.1 Å². The first kappa shape index (κ1) is 15.0. The smallest absolute Gasteiger partial charge is 0.278 e. The highest BCUT2D eigenvalue weighted by atomic mass is 35.5. The molecule has 0 saturated carbocycles. The summed E-state index contributed by atoms with van der Waals surface area (Å²) in [7, 11) is 0. The lowest BCUT2D eigenvalue weighted by atomic mass is 10.1. The molecule has 108 valence electrons. The van der Waals surface area contributed by atoms with E-state index in [0.29, 0.717) is 16.3 Å². The summed E-state index contributed by atoms with van der Waals surface area (Å²) in [4.78, 5) is 15.7. The Bertz CT molecular complexity index is 669. The number of nitro groups is 1. The average Bonchev–Trinajstić information content (AvgIpc) is 2.49. The SMILES string of the molecule is C/C(=N\OCc1ccc(Cl)cc1)c1ccccc1[N+](=O)[O-]. The Hall–Kier alpha value is -2.40. The van der Waals surface area contributed by atoms with E-state index in [2.05, 4.69) is 5.16 Å². The Morgan fingerprint density at radius 2 is 1.90 bits per heavy atom. The zero-order valence-electron chi connectivity index (χ0n) is 11.3. The highest BCUT2D eigenvalue weighted by Crippen LogP contribution is 2.18. The van der Waals surface area contributed by atoms with Crippen molar-refractivity contribution in [3.63, 3.8) is 0 Å². The van der Waals surface area contributed by atoms with E-state index < -0.39 is 4.92 Å². The number of nitrogens with zero attached hydrogens (tertiary/aromatic N) is 2. The number of oxime groups is 1.